The SMILES string of the molecule is COc1cc(OC)cc(-c2nc3ccccc3c(=O)n2NC(=O)Cc2ccc([N+](=O)[O-])cc2)c1. The fourth-order valence-electron chi connectivity index (χ4n) is 3.45. The van der Waals surface area contributed by atoms with Crippen LogP contribution in [0.15, 0.2) is 71.5 Å². The van der Waals surface area contributed by atoms with Gasteiger partial charge in [0.2, 0.25) is 5.91 Å². The number of non-ortho nitro benzene ring substituents is 1. The van der Waals surface area contributed by atoms with Crippen LogP contribution in [0.1, 0.15) is 5.56 Å². The third-order valence-electron chi connectivity index (χ3n) is 5.13. The highest BCUT2D eigenvalue weighted by molar-refractivity contribution is 5.87. The van der Waals surface area contributed by atoms with Crippen molar-refractivity contribution in [1.82, 2.24) is 9.66 Å². The van der Waals surface area contributed by atoms with E-state index in [2.05, 4.69) is 10.4 Å². The highest BCUT2D eigenvalue weighted by Gasteiger charge is 2.17. The molecule has 1 aromatic heterocycles. The van der Waals surface area contributed by atoms with Gasteiger partial charge in [0.05, 0.1) is 36.5 Å². The van der Waals surface area contributed by atoms with E-state index in [1.54, 1.807) is 42.5 Å². The van der Waals surface area contributed by atoms with Gasteiger partial charge < -0.3 is 9.47 Å². The number of benzene rings is 3. The lowest BCUT2D eigenvalue weighted by Crippen LogP contribution is -2.35. The number of nitro benzene ring substituents is 1. The van der Waals surface area contributed by atoms with Crippen LogP contribution in [-0.2, 0) is 11.2 Å². The first-order valence-electron chi connectivity index (χ1n) is 10.2. The molecule has 0 bridgehead atoms. The minimum Gasteiger partial charge on any atom is -0.497 e. The Hall–Kier alpha value is -4.73. The highest BCUT2D eigenvalue weighted by Crippen LogP contribution is 2.29. The van der Waals surface area contributed by atoms with E-state index in [1.807, 2.05) is 0 Å². The second-order valence-electron chi connectivity index (χ2n) is 7.33. The van der Waals surface area contributed by atoms with Crippen molar-refractivity contribution in [2.75, 3.05) is 19.6 Å². The van der Waals surface area contributed by atoms with Crippen LogP contribution in [0.4, 0.5) is 5.69 Å². The van der Waals surface area contributed by atoms with Gasteiger partial charge in [-0.25, -0.2) is 4.98 Å². The van der Waals surface area contributed by atoms with Crippen LogP contribution in [-0.4, -0.2) is 34.7 Å². The lowest BCUT2D eigenvalue weighted by molar-refractivity contribution is -0.384. The molecule has 0 unspecified atom stereocenters. The van der Waals surface area contributed by atoms with Crippen molar-refractivity contribution in [3.05, 3.63) is 92.8 Å². The lowest BCUT2D eigenvalue weighted by Gasteiger charge is -2.16. The Labute approximate surface area is 193 Å². The number of nitrogens with zero attached hydrogens (tertiary/aromatic N) is 3. The minimum atomic E-state index is -0.515. The number of aromatic nitrogens is 2. The van der Waals surface area contributed by atoms with Crippen molar-refractivity contribution < 1.29 is 19.2 Å². The van der Waals surface area contributed by atoms with Crippen molar-refractivity contribution in [3.8, 4) is 22.9 Å². The van der Waals surface area contributed by atoms with E-state index in [1.165, 1.54) is 38.5 Å². The number of para-hydroxylation sites is 1. The quantitative estimate of drug-likeness (QED) is 0.331. The molecule has 1 heterocycles. The summed E-state index contributed by atoms with van der Waals surface area (Å²) in [5, 5.41) is 11.2. The topological polar surface area (TPSA) is 126 Å². The van der Waals surface area contributed by atoms with Gasteiger partial charge in [0.1, 0.15) is 11.5 Å². The molecule has 0 fully saturated rings. The summed E-state index contributed by atoms with van der Waals surface area (Å²) >= 11 is 0. The zero-order valence-corrected chi connectivity index (χ0v) is 18.3. The largest absolute Gasteiger partial charge is 0.497 e. The van der Waals surface area contributed by atoms with Gasteiger partial charge >= 0.3 is 0 Å². The number of carbonyl (C=O) groups is 1. The van der Waals surface area contributed by atoms with Gasteiger partial charge in [-0.3, -0.25) is 25.1 Å². The van der Waals surface area contributed by atoms with Crippen molar-refractivity contribution in [3.63, 3.8) is 0 Å². The molecule has 10 heteroatoms. The lowest BCUT2D eigenvalue weighted by atomic mass is 10.1. The number of fused-ring (bicyclic) bond motifs is 1. The molecule has 0 aliphatic heterocycles. The number of carbonyl (C=O) groups excluding carboxylic acids is 1. The van der Waals surface area contributed by atoms with E-state index in [4.69, 9.17) is 9.47 Å². The summed E-state index contributed by atoms with van der Waals surface area (Å²) in [7, 11) is 3.01. The molecule has 0 saturated carbocycles. The number of amides is 1. The average Bonchev–Trinajstić information content (AvgIpc) is 2.85. The zero-order valence-electron chi connectivity index (χ0n) is 18.3. The van der Waals surface area contributed by atoms with Crippen molar-refractivity contribution >= 4 is 22.5 Å². The molecule has 0 spiro atoms. The number of nitro groups is 1. The maximum absolute atomic E-state index is 13.3. The maximum Gasteiger partial charge on any atom is 0.280 e. The normalized spacial score (nSPS) is 10.6. The van der Waals surface area contributed by atoms with E-state index < -0.39 is 16.4 Å². The predicted molar refractivity (Wildman–Crippen MR) is 126 cm³/mol. The third-order valence-corrected chi connectivity index (χ3v) is 5.13. The van der Waals surface area contributed by atoms with Crippen LogP contribution >= 0.6 is 0 Å². The molecule has 4 rings (SSSR count). The van der Waals surface area contributed by atoms with Gasteiger partial charge in [0.25, 0.3) is 11.2 Å². The Kier molecular flexibility index (Phi) is 6.22. The molecule has 3 aromatic carbocycles. The van der Waals surface area contributed by atoms with Gasteiger partial charge in [-0.2, -0.15) is 4.68 Å². The predicted octanol–water partition coefficient (Wildman–Crippen LogP) is 3.30. The summed E-state index contributed by atoms with van der Waals surface area (Å²) < 4.78 is 11.8. The van der Waals surface area contributed by atoms with Crippen LogP contribution in [0.2, 0.25) is 0 Å². The average molecular weight is 460 g/mol. The zero-order chi connectivity index (χ0) is 24.2. The molecule has 0 aliphatic rings. The maximum atomic E-state index is 13.3. The van der Waals surface area contributed by atoms with Crippen LogP contribution < -0.4 is 20.5 Å². The first-order valence-corrected chi connectivity index (χ1v) is 10.2. The Balaban J connectivity index is 1.77. The Bertz CT molecular complexity index is 1420. The fourth-order valence-corrected chi connectivity index (χ4v) is 3.45. The molecular weight excluding hydrogens is 440 g/mol. The molecule has 34 heavy (non-hydrogen) atoms. The summed E-state index contributed by atoms with van der Waals surface area (Å²) in [6, 6.07) is 17.5. The second-order valence-corrected chi connectivity index (χ2v) is 7.33. The molecule has 0 saturated heterocycles. The Morgan fingerprint density at radius 2 is 1.68 bits per heavy atom. The number of nitrogens with one attached hydrogen (secondary N) is 1. The molecule has 4 aromatic rings. The van der Waals surface area contributed by atoms with Crippen molar-refractivity contribution in [1.29, 1.82) is 0 Å². The first-order chi connectivity index (χ1) is 16.4. The fraction of sp³-hybridized carbons (Fsp3) is 0.125. The summed E-state index contributed by atoms with van der Waals surface area (Å²) in [5.41, 5.74) is 3.59. The summed E-state index contributed by atoms with van der Waals surface area (Å²) in [5.74, 6) is 0.670. The van der Waals surface area contributed by atoms with Crippen molar-refractivity contribution in [2.45, 2.75) is 6.42 Å². The molecule has 1 amide bonds. The van der Waals surface area contributed by atoms with E-state index in [9.17, 15) is 19.7 Å². The standard InChI is InChI=1S/C24H20N4O6/c1-33-18-12-16(13-19(14-18)34-2)23-25-21-6-4-3-5-20(21)24(30)27(23)26-22(29)11-15-7-9-17(10-8-15)28(31)32/h3-10,12-14H,11H2,1-2H3,(H,26,29). The monoisotopic (exact) mass is 460 g/mol. The molecule has 10 nitrogen and oxygen atoms in total. The smallest absolute Gasteiger partial charge is 0.280 e. The number of methoxy groups -OCH3 is 2. The Morgan fingerprint density at radius 1 is 1.03 bits per heavy atom. The molecule has 1 N–H and O–H groups in total. The number of rotatable bonds is 7. The molecule has 0 aliphatic carbocycles. The second kappa shape index (κ2) is 9.41. The van der Waals surface area contributed by atoms with Gasteiger partial charge in [-0.1, -0.05) is 24.3 Å². The minimum absolute atomic E-state index is 0.0756. The molecule has 0 atom stereocenters. The van der Waals surface area contributed by atoms with Crippen LogP contribution in [0.3, 0.4) is 0 Å². The number of hydrogen-bond donors (Lipinski definition) is 1. The summed E-state index contributed by atoms with van der Waals surface area (Å²) in [6.07, 6.45) is -0.0991. The number of ether oxygens (including phenoxy) is 2. The number of hydrogen-bond acceptors (Lipinski definition) is 7. The third kappa shape index (κ3) is 4.56. The molecule has 172 valence electrons. The van der Waals surface area contributed by atoms with E-state index in [0.717, 1.165) is 4.68 Å². The van der Waals surface area contributed by atoms with Gasteiger partial charge in [0.15, 0.2) is 5.82 Å². The van der Waals surface area contributed by atoms with Gasteiger partial charge in [0, 0.05) is 23.8 Å². The van der Waals surface area contributed by atoms with Gasteiger partial charge in [-0.05, 0) is 29.8 Å². The van der Waals surface area contributed by atoms with Crippen LogP contribution in [0.5, 0.6) is 11.5 Å². The molecular formula is C24H20N4O6. The van der Waals surface area contributed by atoms with Crippen LogP contribution in [0, 0.1) is 10.1 Å². The van der Waals surface area contributed by atoms with E-state index in [-0.39, 0.29) is 17.9 Å². The first kappa shape index (κ1) is 22.5. The highest BCUT2D eigenvalue weighted by atomic mass is 16.6. The van der Waals surface area contributed by atoms with Gasteiger partial charge in [-0.15, -0.1) is 0 Å². The summed E-state index contributed by atoms with van der Waals surface area (Å²) in [6.45, 7) is 0. The molecule has 0 radical (unpaired) electrons. The Morgan fingerprint density at radius 3 is 2.29 bits per heavy atom. The van der Waals surface area contributed by atoms with Crippen LogP contribution in [0.25, 0.3) is 22.3 Å². The van der Waals surface area contributed by atoms with E-state index >= 15 is 0 Å². The summed E-state index contributed by atoms with van der Waals surface area (Å²) in [4.78, 5) is 41.1. The van der Waals surface area contributed by atoms with E-state index in [0.29, 0.717) is 33.5 Å². The van der Waals surface area contributed by atoms with Crippen molar-refractivity contribution in [2.24, 2.45) is 0 Å².